The largest absolute Gasteiger partial charge is 0.289 e. The fraction of sp³-hybridized carbons (Fsp3) is 0.0526. The van der Waals surface area contributed by atoms with Crippen LogP contribution in [0.1, 0.15) is 39.3 Å². The lowest BCUT2D eigenvalue weighted by Gasteiger charge is -1.96. The van der Waals surface area contributed by atoms with E-state index in [4.69, 9.17) is 0 Å². The molecule has 0 aromatic carbocycles. The molecule has 4 aromatic heterocycles. The Bertz CT molecular complexity index is 1030. The molecule has 27 heavy (non-hydrogen) atoms. The maximum absolute atomic E-state index is 12.0. The second-order valence-electron chi connectivity index (χ2n) is 5.20. The van der Waals surface area contributed by atoms with E-state index in [1.165, 1.54) is 0 Å². The van der Waals surface area contributed by atoms with E-state index in [0.717, 1.165) is 37.8 Å². The van der Waals surface area contributed by atoms with Gasteiger partial charge in [-0.05, 0) is 91.0 Å². The molecule has 0 saturated heterocycles. The molecule has 0 bridgehead atoms. The molecule has 0 N–H and O–H groups in total. The van der Waals surface area contributed by atoms with E-state index in [1.54, 1.807) is 45.3 Å². The molecule has 0 aliphatic heterocycles. The zero-order chi connectivity index (χ0) is 18.3. The van der Waals surface area contributed by atoms with Crippen LogP contribution >= 0.6 is 90.5 Å². The first-order valence-electron chi connectivity index (χ1n) is 7.28. The molecular formula is C19H12I2O2S4. The molecule has 0 amide bonds. The molecule has 0 atom stereocenters. The minimum Gasteiger partial charge on any atom is -0.289 e. The van der Waals surface area contributed by atoms with E-state index in [9.17, 15) is 9.59 Å². The van der Waals surface area contributed by atoms with Crippen molar-refractivity contribution < 1.29 is 9.59 Å². The molecular weight excluding hydrogens is 642 g/mol. The van der Waals surface area contributed by atoms with Crippen molar-refractivity contribution in [3.05, 3.63) is 73.8 Å². The van der Waals surface area contributed by atoms with E-state index in [-0.39, 0.29) is 19.0 Å². The maximum atomic E-state index is 12.0. The van der Waals surface area contributed by atoms with Crippen molar-refractivity contribution in [1.29, 1.82) is 0 Å². The average Bonchev–Trinajstić information content (AvgIpc) is 3.40. The summed E-state index contributed by atoms with van der Waals surface area (Å²) in [6.07, 6.45) is 0. The van der Waals surface area contributed by atoms with Gasteiger partial charge in [0.15, 0.2) is 11.6 Å². The highest BCUT2D eigenvalue weighted by atomic mass is 127. The summed E-state index contributed by atoms with van der Waals surface area (Å²) in [5.41, 5.74) is 3.43. The number of thiophene rings is 4. The summed E-state index contributed by atoms with van der Waals surface area (Å²) in [6.45, 7) is 0. The molecule has 1 aliphatic carbocycles. The monoisotopic (exact) mass is 654 g/mol. The van der Waals surface area contributed by atoms with E-state index < -0.39 is 0 Å². The molecule has 4 aromatic rings. The van der Waals surface area contributed by atoms with Gasteiger partial charge in [0, 0.05) is 22.3 Å². The summed E-state index contributed by atoms with van der Waals surface area (Å²) >= 11 is 10.9. The molecule has 8 heteroatoms. The first kappa shape index (κ1) is 21.3. The van der Waals surface area contributed by atoms with Crippen LogP contribution in [0.5, 0.6) is 0 Å². The van der Waals surface area contributed by atoms with Crippen molar-refractivity contribution in [2.45, 2.75) is 7.43 Å². The first-order chi connectivity index (χ1) is 12.6. The normalized spacial score (nSPS) is 11.3. The number of hydrogen-bond donors (Lipinski definition) is 0. The van der Waals surface area contributed by atoms with Crippen LogP contribution in [0.4, 0.5) is 0 Å². The fourth-order valence-electron chi connectivity index (χ4n) is 2.53. The topological polar surface area (TPSA) is 34.1 Å². The molecule has 0 saturated carbocycles. The summed E-state index contributed by atoms with van der Waals surface area (Å²) in [5, 5.41) is 7.86. The van der Waals surface area contributed by atoms with Gasteiger partial charge in [-0.25, -0.2) is 0 Å². The van der Waals surface area contributed by atoms with Gasteiger partial charge in [0.25, 0.3) is 0 Å². The lowest BCUT2D eigenvalue weighted by atomic mass is 10.1. The Kier molecular flexibility index (Phi) is 7.07. The number of carbonyl (C=O) groups excluding carboxylic acids is 2. The summed E-state index contributed by atoms with van der Waals surface area (Å²) in [7, 11) is 0. The lowest BCUT2D eigenvalue weighted by Crippen LogP contribution is -2.00. The summed E-state index contributed by atoms with van der Waals surface area (Å²) in [5.74, 6) is 0.337. The summed E-state index contributed by atoms with van der Waals surface area (Å²) in [6, 6.07) is 7.61. The molecule has 2 nitrogen and oxygen atoms in total. The quantitative estimate of drug-likeness (QED) is 0.143. The van der Waals surface area contributed by atoms with Crippen LogP contribution in [0.2, 0.25) is 0 Å². The standard InChI is InChI=1S/C9H4I2OS2.C9H4OS2.CH4/c10-8-5(1-3-13-8)7(12)6-2-4-14-9(6)11;10-7-5-1-3-11-8(5)9-6(7)2-4-12-9;/h1-4H;1-4H;1H4. The van der Waals surface area contributed by atoms with E-state index in [1.807, 2.05) is 45.8 Å². The van der Waals surface area contributed by atoms with Crippen LogP contribution in [0.25, 0.3) is 9.75 Å². The third-order valence-corrected chi connectivity index (χ3v) is 9.83. The van der Waals surface area contributed by atoms with Crippen LogP contribution < -0.4 is 0 Å². The minimum absolute atomic E-state index is 0. The predicted molar refractivity (Wildman–Crippen MR) is 135 cm³/mol. The molecule has 138 valence electrons. The van der Waals surface area contributed by atoms with E-state index >= 15 is 0 Å². The lowest BCUT2D eigenvalue weighted by molar-refractivity contribution is 0.103. The van der Waals surface area contributed by atoms with Crippen LogP contribution in [0.3, 0.4) is 0 Å². The van der Waals surface area contributed by atoms with Crippen molar-refractivity contribution in [2.75, 3.05) is 0 Å². The molecule has 0 spiro atoms. The Labute approximate surface area is 200 Å². The number of fused-ring (bicyclic) bond motifs is 3. The number of halogens is 2. The van der Waals surface area contributed by atoms with Gasteiger partial charge >= 0.3 is 0 Å². The Balaban J connectivity index is 0.000000151. The van der Waals surface area contributed by atoms with Crippen molar-refractivity contribution in [1.82, 2.24) is 0 Å². The molecule has 5 rings (SSSR count). The van der Waals surface area contributed by atoms with Crippen molar-refractivity contribution in [2.24, 2.45) is 0 Å². The third kappa shape index (κ3) is 4.01. The molecule has 4 heterocycles. The molecule has 0 fully saturated rings. The summed E-state index contributed by atoms with van der Waals surface area (Å²) < 4.78 is 2.13. The Morgan fingerprint density at radius 1 is 0.704 bits per heavy atom. The molecule has 0 unspecified atom stereocenters. The van der Waals surface area contributed by atoms with Gasteiger partial charge in [0.1, 0.15) is 0 Å². The fourth-order valence-corrected chi connectivity index (χ4v) is 7.46. The van der Waals surface area contributed by atoms with Gasteiger partial charge in [-0.1, -0.05) is 7.43 Å². The minimum atomic E-state index is 0. The highest BCUT2D eigenvalue weighted by Gasteiger charge is 2.28. The van der Waals surface area contributed by atoms with E-state index in [0.29, 0.717) is 0 Å². The number of hydrogen-bond acceptors (Lipinski definition) is 6. The SMILES string of the molecule is C.O=C(c1ccsc1I)c1ccsc1I.O=C1c2ccsc2-c2sccc21. The number of ketones is 2. The van der Waals surface area contributed by atoms with Crippen molar-refractivity contribution in [3.63, 3.8) is 0 Å². The second kappa shape index (κ2) is 8.95. The van der Waals surface area contributed by atoms with Gasteiger partial charge in [-0.2, -0.15) is 0 Å². The van der Waals surface area contributed by atoms with Crippen molar-refractivity contribution in [3.8, 4) is 9.75 Å². The van der Waals surface area contributed by atoms with E-state index in [2.05, 4.69) is 45.2 Å². The Hall–Kier alpha value is -0.400. The van der Waals surface area contributed by atoms with Gasteiger partial charge in [-0.3, -0.25) is 9.59 Å². The van der Waals surface area contributed by atoms with Crippen LogP contribution in [0, 0.1) is 5.77 Å². The highest BCUT2D eigenvalue weighted by Crippen LogP contribution is 2.43. The third-order valence-electron chi connectivity index (χ3n) is 3.75. The second-order valence-corrected chi connectivity index (χ2v) is 12.5. The Morgan fingerprint density at radius 2 is 1.11 bits per heavy atom. The number of rotatable bonds is 2. The van der Waals surface area contributed by atoms with Crippen molar-refractivity contribution >= 4 is 102 Å². The number of carbonyl (C=O) groups is 2. The summed E-state index contributed by atoms with van der Waals surface area (Å²) in [4.78, 5) is 26.0. The molecule has 1 aliphatic rings. The highest BCUT2D eigenvalue weighted by molar-refractivity contribution is 14.1. The maximum Gasteiger partial charge on any atom is 0.196 e. The first-order valence-corrected chi connectivity index (χ1v) is 13.0. The Morgan fingerprint density at radius 3 is 1.48 bits per heavy atom. The van der Waals surface area contributed by atoms with Gasteiger partial charge < -0.3 is 0 Å². The smallest absolute Gasteiger partial charge is 0.196 e. The van der Waals surface area contributed by atoms with Crippen LogP contribution in [-0.4, -0.2) is 11.6 Å². The zero-order valence-electron chi connectivity index (χ0n) is 12.8. The average molecular weight is 654 g/mol. The van der Waals surface area contributed by atoms with Gasteiger partial charge in [0.05, 0.1) is 15.5 Å². The predicted octanol–water partition coefficient (Wildman–Crippen LogP) is 7.91. The zero-order valence-corrected chi connectivity index (χ0v) is 20.4. The van der Waals surface area contributed by atoms with Gasteiger partial charge in [-0.15, -0.1) is 45.3 Å². The molecule has 0 radical (unpaired) electrons. The van der Waals surface area contributed by atoms with Crippen LogP contribution in [0.15, 0.2) is 45.8 Å². The van der Waals surface area contributed by atoms with Crippen LogP contribution in [-0.2, 0) is 0 Å². The van der Waals surface area contributed by atoms with Gasteiger partial charge in [0.2, 0.25) is 0 Å².